The Hall–Kier alpha value is -2.51. The van der Waals surface area contributed by atoms with Crippen LogP contribution in [0.2, 0.25) is 0 Å². The molecule has 142 valence electrons. The molecule has 2 aliphatic heterocycles. The first-order valence-corrected chi connectivity index (χ1v) is 9.00. The highest BCUT2D eigenvalue weighted by Crippen LogP contribution is 2.40. The predicted molar refractivity (Wildman–Crippen MR) is 100 cm³/mol. The molecule has 1 aromatic rings. The molecule has 5 nitrogen and oxygen atoms in total. The van der Waals surface area contributed by atoms with Gasteiger partial charge in [-0.15, -0.1) is 0 Å². The second kappa shape index (κ2) is 6.58. The number of alkyl halides is 1. The fraction of sp³-hybridized carbons (Fsp3) is 0.350. The minimum Gasteiger partial charge on any atom is -0.366 e. The molecule has 1 amide bonds. The van der Waals surface area contributed by atoms with Gasteiger partial charge in [0, 0.05) is 30.4 Å². The van der Waals surface area contributed by atoms with Gasteiger partial charge in [0.2, 0.25) is 5.91 Å². The lowest BCUT2D eigenvalue weighted by atomic mass is 9.81. The molecule has 4 rings (SSSR count). The molecule has 0 saturated carbocycles. The predicted octanol–water partition coefficient (Wildman–Crippen LogP) is 2.35. The van der Waals surface area contributed by atoms with Gasteiger partial charge in [-0.05, 0) is 49.1 Å². The summed E-state index contributed by atoms with van der Waals surface area (Å²) in [5.41, 5.74) is 10.1. The summed E-state index contributed by atoms with van der Waals surface area (Å²) in [6.45, 7) is 2.89. The first kappa shape index (κ1) is 17.9. The Morgan fingerprint density at radius 1 is 1.26 bits per heavy atom. The van der Waals surface area contributed by atoms with E-state index < -0.39 is 23.4 Å². The van der Waals surface area contributed by atoms with Crippen molar-refractivity contribution in [2.45, 2.75) is 31.0 Å². The first-order valence-electron chi connectivity index (χ1n) is 9.00. The largest absolute Gasteiger partial charge is 0.366 e. The van der Waals surface area contributed by atoms with Crippen LogP contribution in [0.5, 0.6) is 0 Å². The Morgan fingerprint density at radius 2 is 2.00 bits per heavy atom. The Kier molecular flexibility index (Phi) is 4.36. The van der Waals surface area contributed by atoms with E-state index in [1.807, 2.05) is 24.3 Å². The maximum absolute atomic E-state index is 14.3. The summed E-state index contributed by atoms with van der Waals surface area (Å²) in [4.78, 5) is 11.8. The zero-order valence-corrected chi connectivity index (χ0v) is 15.0. The fourth-order valence-corrected chi connectivity index (χ4v) is 4.03. The number of carbonyl (C=O) groups is 1. The van der Waals surface area contributed by atoms with Crippen molar-refractivity contribution in [2.75, 3.05) is 18.1 Å². The summed E-state index contributed by atoms with van der Waals surface area (Å²) in [7, 11) is 0. The average Bonchev–Trinajstić information content (AvgIpc) is 3.01. The highest BCUT2D eigenvalue weighted by atomic mass is 19.1. The molecular weight excluding hydrogens is 350 g/mol. The second-order valence-corrected chi connectivity index (χ2v) is 7.39. The van der Waals surface area contributed by atoms with Crippen LogP contribution in [0.15, 0.2) is 59.6 Å². The van der Waals surface area contributed by atoms with Crippen molar-refractivity contribution in [1.29, 1.82) is 0 Å². The molecule has 1 unspecified atom stereocenters. The normalized spacial score (nSPS) is 30.3. The molecule has 2 heterocycles. The number of fused-ring (bicyclic) bond motifs is 1. The molecule has 27 heavy (non-hydrogen) atoms. The van der Waals surface area contributed by atoms with Crippen LogP contribution in [0.3, 0.4) is 0 Å². The third-order valence-corrected chi connectivity index (χ3v) is 5.54. The Labute approximate surface area is 156 Å². The topological polar surface area (TPSA) is 70.4 Å². The van der Waals surface area contributed by atoms with Gasteiger partial charge in [0.1, 0.15) is 12.0 Å². The summed E-state index contributed by atoms with van der Waals surface area (Å²) in [6, 6.07) is 7.72. The number of benzene rings is 1. The molecular formula is C20H22F2N4O. The number of anilines is 1. The van der Waals surface area contributed by atoms with Gasteiger partial charge in [0.15, 0.2) is 0 Å². The van der Waals surface area contributed by atoms with E-state index >= 15 is 0 Å². The lowest BCUT2D eigenvalue weighted by Gasteiger charge is -2.32. The third kappa shape index (κ3) is 3.07. The molecule has 1 fully saturated rings. The van der Waals surface area contributed by atoms with E-state index in [2.05, 4.69) is 10.7 Å². The average molecular weight is 372 g/mol. The van der Waals surface area contributed by atoms with Crippen LogP contribution in [0.1, 0.15) is 24.8 Å². The van der Waals surface area contributed by atoms with E-state index in [4.69, 9.17) is 5.73 Å². The summed E-state index contributed by atoms with van der Waals surface area (Å²) >= 11 is 0. The van der Waals surface area contributed by atoms with E-state index in [-0.39, 0.29) is 5.92 Å². The molecule has 3 atom stereocenters. The molecule has 0 bridgehead atoms. The van der Waals surface area contributed by atoms with Crippen LogP contribution < -0.4 is 21.5 Å². The quantitative estimate of drug-likeness (QED) is 0.762. The summed E-state index contributed by atoms with van der Waals surface area (Å²) in [5, 5.41) is 4.79. The number of primary amides is 1. The molecule has 1 saturated heterocycles. The van der Waals surface area contributed by atoms with Gasteiger partial charge in [-0.1, -0.05) is 12.1 Å². The lowest BCUT2D eigenvalue weighted by Crippen LogP contribution is -2.51. The van der Waals surface area contributed by atoms with Gasteiger partial charge >= 0.3 is 0 Å². The second-order valence-electron chi connectivity index (χ2n) is 7.39. The number of halogens is 2. The van der Waals surface area contributed by atoms with Crippen molar-refractivity contribution in [3.05, 3.63) is 65.2 Å². The molecule has 0 spiro atoms. The van der Waals surface area contributed by atoms with Crippen molar-refractivity contribution < 1.29 is 13.6 Å². The molecule has 4 N–H and O–H groups in total. The van der Waals surface area contributed by atoms with Crippen LogP contribution in [-0.2, 0) is 4.79 Å². The van der Waals surface area contributed by atoms with Crippen molar-refractivity contribution in [1.82, 2.24) is 10.7 Å². The number of nitrogens with zero attached hydrogens (tertiary/aromatic N) is 1. The molecule has 0 radical (unpaired) electrons. The number of rotatable bonds is 3. The minimum absolute atomic E-state index is 0.137. The highest BCUT2D eigenvalue weighted by molar-refractivity contribution is 5.97. The lowest BCUT2D eigenvalue weighted by molar-refractivity contribution is -0.115. The number of amides is 1. The SMILES string of the molecule is CC12NN(c3ccc([C@H]4CNC[C@H](F)C4)cc3)C=C1C(F)=CC=C2C(N)=O. The van der Waals surface area contributed by atoms with Crippen molar-refractivity contribution >= 4 is 11.6 Å². The Bertz CT molecular complexity index is 861. The van der Waals surface area contributed by atoms with E-state index in [0.717, 1.165) is 17.8 Å². The molecule has 1 aromatic carbocycles. The van der Waals surface area contributed by atoms with Gasteiger partial charge in [-0.25, -0.2) is 14.2 Å². The van der Waals surface area contributed by atoms with Gasteiger partial charge < -0.3 is 11.1 Å². The van der Waals surface area contributed by atoms with Gasteiger partial charge in [-0.2, -0.15) is 0 Å². The van der Waals surface area contributed by atoms with E-state index in [9.17, 15) is 13.6 Å². The summed E-state index contributed by atoms with van der Waals surface area (Å²) in [5.74, 6) is -0.864. The van der Waals surface area contributed by atoms with Crippen molar-refractivity contribution in [2.24, 2.45) is 5.73 Å². The Morgan fingerprint density at radius 3 is 2.67 bits per heavy atom. The van der Waals surface area contributed by atoms with Gasteiger partial charge in [-0.3, -0.25) is 9.80 Å². The maximum Gasteiger partial charge on any atom is 0.246 e. The molecule has 3 aliphatic rings. The van der Waals surface area contributed by atoms with E-state index in [0.29, 0.717) is 24.1 Å². The Balaban J connectivity index is 1.58. The van der Waals surface area contributed by atoms with Crippen molar-refractivity contribution in [3.63, 3.8) is 0 Å². The number of carbonyl (C=O) groups excluding carboxylic acids is 1. The number of nitrogens with two attached hydrogens (primary N) is 1. The maximum atomic E-state index is 14.3. The van der Waals surface area contributed by atoms with Crippen LogP contribution in [0, 0.1) is 0 Å². The third-order valence-electron chi connectivity index (χ3n) is 5.54. The smallest absolute Gasteiger partial charge is 0.246 e. The monoisotopic (exact) mass is 372 g/mol. The van der Waals surface area contributed by atoms with E-state index in [1.165, 1.54) is 12.2 Å². The van der Waals surface area contributed by atoms with E-state index in [1.54, 1.807) is 18.1 Å². The highest BCUT2D eigenvalue weighted by Gasteiger charge is 2.45. The number of hydrogen-bond acceptors (Lipinski definition) is 4. The zero-order valence-electron chi connectivity index (χ0n) is 15.0. The molecule has 1 aliphatic carbocycles. The van der Waals surface area contributed by atoms with Gasteiger partial charge in [0.25, 0.3) is 0 Å². The number of piperidine rings is 1. The number of nitrogens with one attached hydrogen (secondary N) is 2. The zero-order chi connectivity index (χ0) is 19.2. The molecule has 7 heteroatoms. The standard InChI is InChI=1S/C20H22F2N4O/c1-20-16(19(23)27)6-7-18(22)17(20)11-26(25-20)15-4-2-12(3-5-15)13-8-14(21)10-24-9-13/h2-7,11,13-14,24-25H,8-10H2,1H3,(H2,23,27)/t13-,14-,20?/m1/s1. The summed E-state index contributed by atoms with van der Waals surface area (Å²) in [6.07, 6.45) is 3.99. The minimum atomic E-state index is -1.02. The fourth-order valence-electron chi connectivity index (χ4n) is 4.03. The number of allylic oxidation sites excluding steroid dienone is 2. The number of hydrogen-bond donors (Lipinski definition) is 3. The van der Waals surface area contributed by atoms with Crippen LogP contribution >= 0.6 is 0 Å². The van der Waals surface area contributed by atoms with Crippen LogP contribution in [-0.4, -0.2) is 30.7 Å². The van der Waals surface area contributed by atoms with Crippen molar-refractivity contribution in [3.8, 4) is 0 Å². The molecule has 0 aromatic heterocycles. The van der Waals surface area contributed by atoms with Crippen LogP contribution in [0.25, 0.3) is 0 Å². The van der Waals surface area contributed by atoms with Gasteiger partial charge in [0.05, 0.1) is 11.2 Å². The number of hydrazine groups is 1. The summed E-state index contributed by atoms with van der Waals surface area (Å²) < 4.78 is 28.0. The van der Waals surface area contributed by atoms with Crippen LogP contribution in [0.4, 0.5) is 14.5 Å². The first-order chi connectivity index (χ1) is 12.9.